The highest BCUT2D eigenvalue weighted by atomic mass is 32.2. The Balaban J connectivity index is 2.42. The summed E-state index contributed by atoms with van der Waals surface area (Å²) in [5, 5.41) is 0. The van der Waals surface area contributed by atoms with Crippen LogP contribution in [0, 0.1) is 0 Å². The molecule has 0 saturated heterocycles. The Kier molecular flexibility index (Phi) is 5.85. The van der Waals surface area contributed by atoms with E-state index in [0.717, 1.165) is 12.8 Å². The summed E-state index contributed by atoms with van der Waals surface area (Å²) in [5.41, 5.74) is 0. The van der Waals surface area contributed by atoms with Gasteiger partial charge in [0.25, 0.3) is 0 Å². The fraction of sp³-hybridized carbons (Fsp3) is 0.462. The molecule has 0 spiro atoms. The molecule has 0 atom stereocenters. The average molecular weight is 270 g/mol. The fourth-order valence-corrected chi connectivity index (χ4v) is 2.51. The van der Waals surface area contributed by atoms with Crippen molar-refractivity contribution in [3.63, 3.8) is 0 Å². The molecular weight excluding hydrogens is 252 g/mol. The van der Waals surface area contributed by atoms with Gasteiger partial charge in [-0.15, -0.1) is 0 Å². The highest BCUT2D eigenvalue weighted by Crippen LogP contribution is 2.10. The van der Waals surface area contributed by atoms with Crippen molar-refractivity contribution < 1.29 is 17.9 Å². The van der Waals surface area contributed by atoms with Crippen molar-refractivity contribution >= 4 is 15.8 Å². The molecule has 0 saturated carbocycles. The first kappa shape index (κ1) is 14.7. The van der Waals surface area contributed by atoms with Gasteiger partial charge < -0.3 is 4.74 Å². The Labute approximate surface area is 108 Å². The minimum Gasteiger partial charge on any atom is -0.465 e. The number of sulfone groups is 1. The van der Waals surface area contributed by atoms with Crippen LogP contribution in [0.3, 0.4) is 0 Å². The highest BCUT2D eigenvalue weighted by Gasteiger charge is 2.14. The molecule has 100 valence electrons. The van der Waals surface area contributed by atoms with Gasteiger partial charge in [0, 0.05) is 6.42 Å². The van der Waals surface area contributed by atoms with Crippen molar-refractivity contribution in [2.45, 2.75) is 31.1 Å². The number of hydrogen-bond acceptors (Lipinski definition) is 4. The Morgan fingerprint density at radius 1 is 1.22 bits per heavy atom. The maximum Gasteiger partial charge on any atom is 0.305 e. The van der Waals surface area contributed by atoms with Gasteiger partial charge in [-0.1, -0.05) is 31.5 Å². The number of carbonyl (C=O) groups excluding carboxylic acids is 1. The summed E-state index contributed by atoms with van der Waals surface area (Å²) in [6.45, 7) is 1.90. The predicted molar refractivity (Wildman–Crippen MR) is 69.0 cm³/mol. The normalized spacial score (nSPS) is 11.2. The van der Waals surface area contributed by atoms with E-state index in [-0.39, 0.29) is 23.2 Å². The lowest BCUT2D eigenvalue weighted by atomic mass is 10.3. The van der Waals surface area contributed by atoms with Crippen LogP contribution in [-0.2, 0) is 19.4 Å². The molecule has 1 aromatic carbocycles. The molecule has 0 amide bonds. The predicted octanol–water partition coefficient (Wildman–Crippen LogP) is 2.19. The first-order valence-corrected chi connectivity index (χ1v) is 7.65. The van der Waals surface area contributed by atoms with Gasteiger partial charge in [0.1, 0.15) is 6.61 Å². The quantitative estimate of drug-likeness (QED) is 0.713. The average Bonchev–Trinajstić information content (AvgIpc) is 2.37. The minimum atomic E-state index is -3.35. The van der Waals surface area contributed by atoms with Crippen molar-refractivity contribution in [2.75, 3.05) is 12.4 Å². The van der Waals surface area contributed by atoms with Crippen molar-refractivity contribution in [3.8, 4) is 0 Å². The van der Waals surface area contributed by atoms with E-state index in [0.29, 0.717) is 6.42 Å². The summed E-state index contributed by atoms with van der Waals surface area (Å²) >= 11 is 0. The van der Waals surface area contributed by atoms with Crippen LogP contribution < -0.4 is 0 Å². The Morgan fingerprint density at radius 3 is 2.50 bits per heavy atom. The molecule has 0 aromatic heterocycles. The number of esters is 1. The summed E-state index contributed by atoms with van der Waals surface area (Å²) in [6, 6.07) is 8.16. The second-order valence-electron chi connectivity index (χ2n) is 3.96. The van der Waals surface area contributed by atoms with E-state index < -0.39 is 9.84 Å². The molecule has 0 unspecified atom stereocenters. The van der Waals surface area contributed by atoms with Crippen molar-refractivity contribution in [2.24, 2.45) is 0 Å². The zero-order chi connectivity index (χ0) is 13.4. The van der Waals surface area contributed by atoms with Crippen molar-refractivity contribution in [1.29, 1.82) is 0 Å². The van der Waals surface area contributed by atoms with Gasteiger partial charge in [0.2, 0.25) is 0 Å². The summed E-state index contributed by atoms with van der Waals surface area (Å²) in [6.07, 6.45) is 2.03. The molecule has 0 bridgehead atoms. The SMILES string of the molecule is CCCCC(=O)OCCS(=O)(=O)c1ccccc1. The number of ether oxygens (including phenoxy) is 1. The van der Waals surface area contributed by atoms with Crippen LogP contribution in [0.25, 0.3) is 0 Å². The Hall–Kier alpha value is -1.36. The van der Waals surface area contributed by atoms with Crippen molar-refractivity contribution in [3.05, 3.63) is 30.3 Å². The molecule has 0 N–H and O–H groups in total. The van der Waals surface area contributed by atoms with E-state index in [1.54, 1.807) is 18.2 Å². The van der Waals surface area contributed by atoms with Gasteiger partial charge in [-0.05, 0) is 18.6 Å². The smallest absolute Gasteiger partial charge is 0.305 e. The van der Waals surface area contributed by atoms with Crippen molar-refractivity contribution in [1.82, 2.24) is 0 Å². The van der Waals surface area contributed by atoms with Gasteiger partial charge >= 0.3 is 5.97 Å². The van der Waals surface area contributed by atoms with Crippen LogP contribution in [0.5, 0.6) is 0 Å². The van der Waals surface area contributed by atoms with Gasteiger partial charge in [-0.25, -0.2) is 8.42 Å². The van der Waals surface area contributed by atoms with Crippen LogP contribution in [0.2, 0.25) is 0 Å². The zero-order valence-electron chi connectivity index (χ0n) is 10.5. The molecule has 0 aliphatic heterocycles. The topological polar surface area (TPSA) is 60.4 Å². The molecule has 4 nitrogen and oxygen atoms in total. The van der Waals surface area contributed by atoms with Gasteiger partial charge in [-0.3, -0.25) is 4.79 Å². The fourth-order valence-electron chi connectivity index (χ4n) is 1.40. The third kappa shape index (κ3) is 4.87. The molecule has 0 radical (unpaired) electrons. The lowest BCUT2D eigenvalue weighted by Gasteiger charge is -2.05. The van der Waals surface area contributed by atoms with Crippen LogP contribution in [0.4, 0.5) is 0 Å². The number of rotatable bonds is 7. The summed E-state index contributed by atoms with van der Waals surface area (Å²) in [4.78, 5) is 11.5. The summed E-state index contributed by atoms with van der Waals surface area (Å²) in [5.74, 6) is -0.505. The number of carbonyl (C=O) groups is 1. The number of unbranched alkanes of at least 4 members (excludes halogenated alkanes) is 1. The third-order valence-electron chi connectivity index (χ3n) is 2.45. The van der Waals surface area contributed by atoms with E-state index in [9.17, 15) is 13.2 Å². The molecule has 1 rings (SSSR count). The van der Waals surface area contributed by atoms with Gasteiger partial charge in [0.15, 0.2) is 9.84 Å². The van der Waals surface area contributed by atoms with E-state index in [2.05, 4.69) is 0 Å². The largest absolute Gasteiger partial charge is 0.465 e. The van der Waals surface area contributed by atoms with Gasteiger partial charge in [-0.2, -0.15) is 0 Å². The van der Waals surface area contributed by atoms with E-state index in [1.165, 1.54) is 12.1 Å². The molecular formula is C13H18O4S. The third-order valence-corrected chi connectivity index (χ3v) is 4.15. The van der Waals surface area contributed by atoms with Gasteiger partial charge in [0.05, 0.1) is 10.6 Å². The maximum atomic E-state index is 11.8. The maximum absolute atomic E-state index is 11.8. The molecule has 5 heteroatoms. The highest BCUT2D eigenvalue weighted by molar-refractivity contribution is 7.91. The zero-order valence-corrected chi connectivity index (χ0v) is 11.3. The minimum absolute atomic E-state index is 0.0836. The van der Waals surface area contributed by atoms with Crippen LogP contribution in [0.15, 0.2) is 35.2 Å². The second kappa shape index (κ2) is 7.16. The molecule has 18 heavy (non-hydrogen) atoms. The molecule has 0 fully saturated rings. The van der Waals surface area contributed by atoms with Crippen LogP contribution in [-0.4, -0.2) is 26.7 Å². The molecule has 0 aliphatic rings. The molecule has 0 heterocycles. The van der Waals surface area contributed by atoms with Crippen LogP contribution in [0.1, 0.15) is 26.2 Å². The summed E-state index contributed by atoms with van der Waals surface area (Å²) in [7, 11) is -3.35. The van der Waals surface area contributed by atoms with E-state index in [4.69, 9.17) is 4.74 Å². The molecule has 1 aromatic rings. The Morgan fingerprint density at radius 2 is 1.89 bits per heavy atom. The first-order chi connectivity index (χ1) is 8.56. The second-order valence-corrected chi connectivity index (χ2v) is 6.07. The van der Waals surface area contributed by atoms with Crippen LogP contribution >= 0.6 is 0 Å². The number of hydrogen-bond donors (Lipinski definition) is 0. The monoisotopic (exact) mass is 270 g/mol. The molecule has 0 aliphatic carbocycles. The standard InChI is InChI=1S/C13H18O4S/c1-2-3-9-13(14)17-10-11-18(15,16)12-7-5-4-6-8-12/h4-8H,2-3,9-11H2,1H3. The lowest BCUT2D eigenvalue weighted by Crippen LogP contribution is -2.15. The Bertz CT molecular complexity index is 465. The lowest BCUT2D eigenvalue weighted by molar-refractivity contribution is -0.143. The first-order valence-electron chi connectivity index (χ1n) is 5.99. The summed E-state index contributed by atoms with van der Waals surface area (Å²) < 4.78 is 28.6. The number of benzene rings is 1. The van der Waals surface area contributed by atoms with E-state index in [1.807, 2.05) is 6.92 Å². The van der Waals surface area contributed by atoms with E-state index >= 15 is 0 Å².